The van der Waals surface area contributed by atoms with Gasteiger partial charge in [-0.15, -0.1) is 0 Å². The van der Waals surface area contributed by atoms with Crippen LogP contribution in [0.1, 0.15) is 37.3 Å². The van der Waals surface area contributed by atoms with E-state index >= 15 is 0 Å². The minimum atomic E-state index is 0.0364. The average molecular weight is 302 g/mol. The molecule has 0 saturated heterocycles. The normalized spacial score (nSPS) is 21.1. The molecule has 4 rings (SSSR count). The van der Waals surface area contributed by atoms with Gasteiger partial charge in [-0.25, -0.2) is 4.79 Å². The fourth-order valence-corrected chi connectivity index (χ4v) is 3.02. The summed E-state index contributed by atoms with van der Waals surface area (Å²) in [5, 5.41) is 3.21. The van der Waals surface area contributed by atoms with E-state index in [-0.39, 0.29) is 12.1 Å². The Balaban J connectivity index is 1.52. The lowest BCUT2D eigenvalue weighted by Crippen LogP contribution is -2.41. The number of hydrogen-bond donors (Lipinski definition) is 1. The van der Waals surface area contributed by atoms with Crippen LogP contribution >= 0.6 is 0 Å². The number of benzene rings is 1. The number of urea groups is 1. The fourth-order valence-electron chi connectivity index (χ4n) is 3.02. The van der Waals surface area contributed by atoms with E-state index in [1.54, 1.807) is 0 Å². The zero-order chi connectivity index (χ0) is 15.1. The van der Waals surface area contributed by atoms with Crippen LogP contribution in [0.15, 0.2) is 18.2 Å². The molecule has 5 nitrogen and oxygen atoms in total. The maximum absolute atomic E-state index is 12.4. The molecule has 1 aromatic carbocycles. The van der Waals surface area contributed by atoms with Gasteiger partial charge in [0.2, 0.25) is 0 Å². The van der Waals surface area contributed by atoms with Gasteiger partial charge < -0.3 is 19.7 Å². The van der Waals surface area contributed by atoms with Gasteiger partial charge in [-0.05, 0) is 49.3 Å². The van der Waals surface area contributed by atoms with E-state index in [1.165, 1.54) is 12.8 Å². The smallest absolute Gasteiger partial charge is 0.317 e. The number of ether oxygens (including phenoxy) is 2. The van der Waals surface area contributed by atoms with Crippen molar-refractivity contribution in [2.75, 3.05) is 20.3 Å². The zero-order valence-corrected chi connectivity index (χ0v) is 12.9. The lowest BCUT2D eigenvalue weighted by atomic mass is 10.0. The van der Waals surface area contributed by atoms with E-state index in [0.29, 0.717) is 25.2 Å². The first-order chi connectivity index (χ1) is 10.7. The molecule has 0 bridgehead atoms. The average Bonchev–Trinajstić information content (AvgIpc) is 3.43. The van der Waals surface area contributed by atoms with Gasteiger partial charge in [0, 0.05) is 13.1 Å². The van der Waals surface area contributed by atoms with Gasteiger partial charge in [-0.1, -0.05) is 6.07 Å². The maximum atomic E-state index is 12.4. The third kappa shape index (κ3) is 2.72. The Morgan fingerprint density at radius 1 is 1.18 bits per heavy atom. The van der Waals surface area contributed by atoms with Crippen molar-refractivity contribution in [2.45, 2.75) is 37.8 Å². The summed E-state index contributed by atoms with van der Waals surface area (Å²) < 4.78 is 11.2. The first-order valence-electron chi connectivity index (χ1n) is 8.15. The molecule has 2 amide bonds. The molecular weight excluding hydrogens is 280 g/mol. The quantitative estimate of drug-likeness (QED) is 0.930. The molecule has 22 heavy (non-hydrogen) atoms. The summed E-state index contributed by atoms with van der Waals surface area (Å²) >= 11 is 0. The second-order valence-corrected chi connectivity index (χ2v) is 6.51. The molecule has 118 valence electrons. The van der Waals surface area contributed by atoms with E-state index in [9.17, 15) is 4.79 Å². The summed E-state index contributed by atoms with van der Waals surface area (Å²) in [6, 6.07) is 6.57. The van der Waals surface area contributed by atoms with Crippen molar-refractivity contribution >= 4 is 6.03 Å². The number of rotatable bonds is 4. The van der Waals surface area contributed by atoms with Crippen LogP contribution in [0.2, 0.25) is 0 Å². The molecule has 1 aliphatic heterocycles. The minimum absolute atomic E-state index is 0.0364. The van der Waals surface area contributed by atoms with Crippen molar-refractivity contribution < 1.29 is 14.3 Å². The van der Waals surface area contributed by atoms with Crippen LogP contribution in [0, 0.1) is 5.92 Å². The monoisotopic (exact) mass is 302 g/mol. The molecule has 2 saturated carbocycles. The Labute approximate surface area is 130 Å². The van der Waals surface area contributed by atoms with Crippen LogP contribution in [0.4, 0.5) is 4.79 Å². The highest BCUT2D eigenvalue weighted by molar-refractivity contribution is 5.75. The summed E-state index contributed by atoms with van der Waals surface area (Å²) in [5.41, 5.74) is 1.12. The van der Waals surface area contributed by atoms with E-state index in [4.69, 9.17) is 9.47 Å². The van der Waals surface area contributed by atoms with Crippen LogP contribution in [0.3, 0.4) is 0 Å². The Kier molecular flexibility index (Phi) is 3.36. The molecule has 1 heterocycles. The molecule has 3 aliphatic rings. The van der Waals surface area contributed by atoms with Crippen LogP contribution in [0.5, 0.6) is 11.5 Å². The van der Waals surface area contributed by atoms with E-state index in [0.717, 1.165) is 29.9 Å². The topological polar surface area (TPSA) is 50.8 Å². The molecule has 1 atom stereocenters. The predicted octanol–water partition coefficient (Wildman–Crippen LogP) is 2.71. The van der Waals surface area contributed by atoms with Crippen LogP contribution in [0.25, 0.3) is 0 Å². The standard InChI is InChI=1S/C17H22N2O3/c1-19(13-5-6-13)17(20)18-16(11-2-3-11)12-4-7-14-15(10-12)22-9-8-21-14/h4,7,10-11,13,16H,2-3,5-6,8-9H2,1H3,(H,18,20)/t16-/m0/s1. The van der Waals surface area contributed by atoms with Gasteiger partial charge in [0.25, 0.3) is 0 Å². The summed E-state index contributed by atoms with van der Waals surface area (Å²) in [5.74, 6) is 2.13. The molecular formula is C17H22N2O3. The van der Waals surface area contributed by atoms with Crippen LogP contribution in [-0.2, 0) is 0 Å². The largest absolute Gasteiger partial charge is 0.486 e. The lowest BCUT2D eigenvalue weighted by molar-refractivity contribution is 0.171. The second-order valence-electron chi connectivity index (χ2n) is 6.51. The highest BCUT2D eigenvalue weighted by Gasteiger charge is 2.36. The van der Waals surface area contributed by atoms with Crippen molar-refractivity contribution in [3.05, 3.63) is 23.8 Å². The molecule has 2 fully saturated rings. The number of fused-ring (bicyclic) bond motifs is 1. The Morgan fingerprint density at radius 3 is 2.59 bits per heavy atom. The predicted molar refractivity (Wildman–Crippen MR) is 82.2 cm³/mol. The minimum Gasteiger partial charge on any atom is -0.486 e. The number of amides is 2. The van der Waals surface area contributed by atoms with Crippen molar-refractivity contribution in [3.63, 3.8) is 0 Å². The van der Waals surface area contributed by atoms with Crippen molar-refractivity contribution in [1.29, 1.82) is 0 Å². The molecule has 0 radical (unpaired) electrons. The molecule has 0 unspecified atom stereocenters. The van der Waals surface area contributed by atoms with Crippen LogP contribution in [-0.4, -0.2) is 37.2 Å². The number of hydrogen-bond acceptors (Lipinski definition) is 3. The lowest BCUT2D eigenvalue weighted by Gasteiger charge is -2.25. The second kappa shape index (κ2) is 5.38. The SMILES string of the molecule is CN(C(=O)N[C@H](c1ccc2c(c1)OCCO2)C1CC1)C1CC1. The fraction of sp³-hybridized carbons (Fsp3) is 0.588. The number of nitrogens with one attached hydrogen (secondary N) is 1. The summed E-state index contributed by atoms with van der Waals surface area (Å²) in [6.07, 6.45) is 4.60. The Hall–Kier alpha value is -1.91. The molecule has 1 aromatic rings. The molecule has 1 N–H and O–H groups in total. The third-order valence-electron chi connectivity index (χ3n) is 4.71. The van der Waals surface area contributed by atoms with E-state index in [1.807, 2.05) is 30.1 Å². The van der Waals surface area contributed by atoms with Gasteiger partial charge in [0.05, 0.1) is 6.04 Å². The molecule has 5 heteroatoms. The summed E-state index contributed by atoms with van der Waals surface area (Å²) in [7, 11) is 1.89. The number of carbonyl (C=O) groups is 1. The zero-order valence-electron chi connectivity index (χ0n) is 12.9. The number of nitrogens with zero attached hydrogens (tertiary/aromatic N) is 1. The van der Waals surface area contributed by atoms with Gasteiger partial charge in [0.1, 0.15) is 13.2 Å². The molecule has 0 spiro atoms. The van der Waals surface area contributed by atoms with E-state index < -0.39 is 0 Å². The maximum Gasteiger partial charge on any atom is 0.317 e. The highest BCUT2D eigenvalue weighted by Crippen LogP contribution is 2.43. The first-order valence-corrected chi connectivity index (χ1v) is 8.15. The van der Waals surface area contributed by atoms with Crippen molar-refractivity contribution in [3.8, 4) is 11.5 Å². The molecule has 2 aliphatic carbocycles. The van der Waals surface area contributed by atoms with Gasteiger partial charge >= 0.3 is 6.03 Å². The first kappa shape index (κ1) is 13.7. The summed E-state index contributed by atoms with van der Waals surface area (Å²) in [6.45, 7) is 1.18. The Bertz CT molecular complexity index is 581. The van der Waals surface area contributed by atoms with Gasteiger partial charge in [0.15, 0.2) is 11.5 Å². The summed E-state index contributed by atoms with van der Waals surface area (Å²) in [4.78, 5) is 14.2. The Morgan fingerprint density at radius 2 is 1.91 bits per heavy atom. The van der Waals surface area contributed by atoms with Gasteiger partial charge in [-0.3, -0.25) is 0 Å². The third-order valence-corrected chi connectivity index (χ3v) is 4.71. The number of carbonyl (C=O) groups excluding carboxylic acids is 1. The van der Waals surface area contributed by atoms with Crippen molar-refractivity contribution in [1.82, 2.24) is 10.2 Å². The van der Waals surface area contributed by atoms with Crippen LogP contribution < -0.4 is 14.8 Å². The molecule has 0 aromatic heterocycles. The van der Waals surface area contributed by atoms with Crippen molar-refractivity contribution in [2.24, 2.45) is 5.92 Å². The van der Waals surface area contributed by atoms with Gasteiger partial charge in [-0.2, -0.15) is 0 Å². The highest BCUT2D eigenvalue weighted by atomic mass is 16.6. The van der Waals surface area contributed by atoms with E-state index in [2.05, 4.69) is 5.32 Å².